The summed E-state index contributed by atoms with van der Waals surface area (Å²) in [5, 5.41) is 11.8. The lowest BCUT2D eigenvalue weighted by Gasteiger charge is -2.33. The van der Waals surface area contributed by atoms with E-state index in [-0.39, 0.29) is 12.0 Å². The fourth-order valence-electron chi connectivity index (χ4n) is 6.08. The van der Waals surface area contributed by atoms with Crippen LogP contribution >= 0.6 is 0 Å². The van der Waals surface area contributed by atoms with Gasteiger partial charge in [0.2, 0.25) is 0 Å². The Morgan fingerprint density at radius 1 is 1.00 bits per heavy atom. The van der Waals surface area contributed by atoms with E-state index in [0.717, 1.165) is 63.4 Å². The zero-order chi connectivity index (χ0) is 27.5. The Labute approximate surface area is 225 Å². The quantitative estimate of drug-likeness (QED) is 0.285. The van der Waals surface area contributed by atoms with Gasteiger partial charge in [0.1, 0.15) is 11.6 Å². The van der Waals surface area contributed by atoms with E-state index in [1.165, 1.54) is 12.1 Å². The summed E-state index contributed by atoms with van der Waals surface area (Å²) in [6.07, 6.45) is 5.14. The van der Waals surface area contributed by atoms with E-state index in [1.54, 1.807) is 20.2 Å². The number of rotatable bonds is 5. The maximum absolute atomic E-state index is 14.7. The second-order valence-electron chi connectivity index (χ2n) is 11.1. The van der Waals surface area contributed by atoms with Gasteiger partial charge in [-0.25, -0.2) is 13.8 Å². The highest BCUT2D eigenvalue weighted by atomic mass is 19.1. The van der Waals surface area contributed by atoms with Gasteiger partial charge >= 0.3 is 0 Å². The number of imidazole rings is 1. The zero-order valence-corrected chi connectivity index (χ0v) is 22.6. The molecule has 0 saturated carbocycles. The molecule has 6 rings (SSSR count). The molecule has 0 amide bonds. The highest BCUT2D eigenvalue weighted by molar-refractivity contribution is 6.07. The molecule has 1 unspecified atom stereocenters. The normalized spacial score (nSPS) is 15.9. The Kier molecular flexibility index (Phi) is 6.27. The van der Waals surface area contributed by atoms with Gasteiger partial charge in [-0.1, -0.05) is 12.1 Å². The van der Waals surface area contributed by atoms with Crippen LogP contribution < -0.4 is 0 Å². The molecule has 39 heavy (non-hydrogen) atoms. The summed E-state index contributed by atoms with van der Waals surface area (Å²) in [7, 11) is 1.95. The van der Waals surface area contributed by atoms with E-state index in [4.69, 9.17) is 9.72 Å². The predicted molar refractivity (Wildman–Crippen MR) is 147 cm³/mol. The summed E-state index contributed by atoms with van der Waals surface area (Å²) in [6, 6.07) is 11.4. The molecular weight excluding hydrogens is 498 g/mol. The van der Waals surface area contributed by atoms with Gasteiger partial charge in [-0.15, -0.1) is 0 Å². The lowest BCUT2D eigenvalue weighted by atomic mass is 9.86. The van der Waals surface area contributed by atoms with Crippen molar-refractivity contribution in [2.75, 3.05) is 13.2 Å². The maximum Gasteiger partial charge on any atom is 0.126 e. The molecule has 1 aliphatic rings. The average molecular weight is 531 g/mol. The third-order valence-corrected chi connectivity index (χ3v) is 7.96. The van der Waals surface area contributed by atoms with Crippen molar-refractivity contribution < 1.29 is 18.6 Å². The van der Waals surface area contributed by atoms with Crippen LogP contribution in [0.25, 0.3) is 33.2 Å². The van der Waals surface area contributed by atoms with Crippen LogP contribution in [0.5, 0.6) is 0 Å². The molecular formula is C31H32F2N4O2. The lowest BCUT2D eigenvalue weighted by molar-refractivity contribution is 0.0552. The number of benzene rings is 2. The minimum absolute atomic E-state index is 0.0756. The van der Waals surface area contributed by atoms with Gasteiger partial charge in [-0.3, -0.25) is 4.98 Å². The van der Waals surface area contributed by atoms with Crippen molar-refractivity contribution in [1.82, 2.24) is 19.1 Å². The van der Waals surface area contributed by atoms with Crippen molar-refractivity contribution in [3.8, 4) is 11.3 Å². The molecule has 1 fully saturated rings. The summed E-state index contributed by atoms with van der Waals surface area (Å²) in [6.45, 7) is 6.64. The average Bonchev–Trinajstić information content (AvgIpc) is 3.39. The van der Waals surface area contributed by atoms with Crippen molar-refractivity contribution in [3.05, 3.63) is 83.4 Å². The summed E-state index contributed by atoms with van der Waals surface area (Å²) in [5.74, 6) is -1.14. The Morgan fingerprint density at radius 3 is 2.36 bits per heavy atom. The predicted octanol–water partition coefficient (Wildman–Crippen LogP) is 6.42. The van der Waals surface area contributed by atoms with Gasteiger partial charge in [0, 0.05) is 43.5 Å². The molecule has 1 saturated heterocycles. The molecule has 5 aromatic rings. The first-order valence-corrected chi connectivity index (χ1v) is 13.3. The topological polar surface area (TPSA) is 65.1 Å². The second-order valence-corrected chi connectivity index (χ2v) is 11.1. The number of fused-ring (bicyclic) bond motifs is 3. The van der Waals surface area contributed by atoms with Crippen molar-refractivity contribution in [3.63, 3.8) is 0 Å². The second kappa shape index (κ2) is 9.54. The van der Waals surface area contributed by atoms with Gasteiger partial charge in [0.15, 0.2) is 0 Å². The van der Waals surface area contributed by atoms with Gasteiger partial charge in [0.05, 0.1) is 45.9 Å². The van der Waals surface area contributed by atoms with Crippen molar-refractivity contribution >= 4 is 21.9 Å². The standard InChI is InChI=1S/C31H32F2N4O2/c1-18-29(36(4)17-35-18)21-13-27-28(34-16-21)25-6-5-22(31(2,3)38)14-26(25)37(27)30(19-7-9-39-10-8-19)20-11-23(32)15-24(33)12-20/h5-6,11-17,19,30,38H,7-10H2,1-4H3. The van der Waals surface area contributed by atoms with Gasteiger partial charge in [0.25, 0.3) is 0 Å². The smallest absolute Gasteiger partial charge is 0.126 e. The molecule has 0 bridgehead atoms. The molecule has 6 nitrogen and oxygen atoms in total. The van der Waals surface area contributed by atoms with Crippen molar-refractivity contribution in [1.29, 1.82) is 0 Å². The summed E-state index contributed by atoms with van der Waals surface area (Å²) in [4.78, 5) is 9.37. The van der Waals surface area contributed by atoms with Crippen LogP contribution in [0.4, 0.5) is 8.78 Å². The first-order chi connectivity index (χ1) is 18.6. The third kappa shape index (κ3) is 4.51. The van der Waals surface area contributed by atoms with Crippen LogP contribution in [0.15, 0.2) is 55.0 Å². The van der Waals surface area contributed by atoms with E-state index < -0.39 is 17.2 Å². The van der Waals surface area contributed by atoms with Crippen LogP contribution in [0.3, 0.4) is 0 Å². The highest BCUT2D eigenvalue weighted by Gasteiger charge is 2.31. The maximum atomic E-state index is 14.7. The Bertz CT molecular complexity index is 1650. The molecule has 1 aliphatic heterocycles. The number of aliphatic hydroxyl groups is 1. The monoisotopic (exact) mass is 530 g/mol. The number of hydrogen-bond acceptors (Lipinski definition) is 4. The van der Waals surface area contributed by atoms with Crippen LogP contribution in [-0.2, 0) is 17.4 Å². The number of ether oxygens (including phenoxy) is 1. The number of pyridine rings is 1. The zero-order valence-electron chi connectivity index (χ0n) is 22.6. The Balaban J connectivity index is 1.71. The van der Waals surface area contributed by atoms with Crippen LogP contribution in [-0.4, -0.2) is 37.4 Å². The van der Waals surface area contributed by atoms with E-state index in [9.17, 15) is 13.9 Å². The Hall–Kier alpha value is -3.62. The summed E-state index contributed by atoms with van der Waals surface area (Å²) < 4.78 is 39.1. The third-order valence-electron chi connectivity index (χ3n) is 7.96. The van der Waals surface area contributed by atoms with Crippen LogP contribution in [0.2, 0.25) is 0 Å². The minimum Gasteiger partial charge on any atom is -0.386 e. The van der Waals surface area contributed by atoms with E-state index in [1.807, 2.05) is 42.9 Å². The number of aromatic nitrogens is 4. The highest BCUT2D eigenvalue weighted by Crippen LogP contribution is 2.42. The first kappa shape index (κ1) is 25.6. The summed E-state index contributed by atoms with van der Waals surface area (Å²) in [5.41, 5.74) is 5.50. The fraction of sp³-hybridized carbons (Fsp3) is 0.355. The molecule has 0 radical (unpaired) electrons. The number of halogens is 2. The van der Waals surface area contributed by atoms with E-state index in [0.29, 0.717) is 18.8 Å². The molecule has 202 valence electrons. The van der Waals surface area contributed by atoms with E-state index >= 15 is 0 Å². The largest absolute Gasteiger partial charge is 0.386 e. The minimum atomic E-state index is -1.07. The fourth-order valence-corrected chi connectivity index (χ4v) is 6.08. The molecule has 1 N–H and O–H groups in total. The molecule has 0 aliphatic carbocycles. The summed E-state index contributed by atoms with van der Waals surface area (Å²) >= 11 is 0. The SMILES string of the molecule is Cc1ncn(C)c1-c1cnc2c3ccc(C(C)(C)O)cc3n(C(c3cc(F)cc(F)c3)C3CCOCC3)c2c1. The number of hydrogen-bond donors (Lipinski definition) is 1. The van der Waals surface area contributed by atoms with E-state index in [2.05, 4.69) is 15.6 Å². The van der Waals surface area contributed by atoms with Crippen molar-refractivity contribution in [2.24, 2.45) is 13.0 Å². The molecule has 2 aromatic carbocycles. The number of aryl methyl sites for hydroxylation is 2. The van der Waals surface area contributed by atoms with Crippen LogP contribution in [0, 0.1) is 24.5 Å². The van der Waals surface area contributed by atoms with Gasteiger partial charge in [-0.2, -0.15) is 0 Å². The van der Waals surface area contributed by atoms with Gasteiger partial charge in [-0.05, 0) is 74.9 Å². The van der Waals surface area contributed by atoms with Gasteiger partial charge < -0.3 is 19.0 Å². The van der Waals surface area contributed by atoms with Crippen molar-refractivity contribution in [2.45, 2.75) is 45.3 Å². The first-order valence-electron chi connectivity index (χ1n) is 13.3. The number of nitrogens with zero attached hydrogens (tertiary/aromatic N) is 4. The molecule has 3 aromatic heterocycles. The lowest BCUT2D eigenvalue weighted by Crippen LogP contribution is -2.27. The molecule has 8 heteroatoms. The Morgan fingerprint density at radius 2 is 1.72 bits per heavy atom. The van der Waals surface area contributed by atoms with Crippen LogP contribution in [0.1, 0.15) is 49.6 Å². The molecule has 4 heterocycles. The molecule has 1 atom stereocenters. The molecule has 0 spiro atoms.